The van der Waals surface area contributed by atoms with Crippen molar-refractivity contribution in [3.63, 3.8) is 0 Å². The van der Waals surface area contributed by atoms with Gasteiger partial charge in [0.15, 0.2) is 0 Å². The molecule has 0 aliphatic heterocycles. The third-order valence-corrected chi connectivity index (χ3v) is 2.90. The SMILES string of the molecule is CNCc1ccc(COCCc2ccccn2)cc1. The number of rotatable bonds is 7. The topological polar surface area (TPSA) is 34.1 Å². The maximum atomic E-state index is 5.67. The normalized spacial score (nSPS) is 10.6. The molecular formula is C16H20N2O. The average molecular weight is 256 g/mol. The molecule has 0 bridgehead atoms. The zero-order chi connectivity index (χ0) is 13.3. The van der Waals surface area contributed by atoms with Crippen LogP contribution in [0.2, 0.25) is 0 Å². The molecule has 0 fully saturated rings. The average Bonchev–Trinajstić information content (AvgIpc) is 2.47. The summed E-state index contributed by atoms with van der Waals surface area (Å²) in [5.41, 5.74) is 3.58. The number of ether oxygens (including phenoxy) is 1. The highest BCUT2D eigenvalue weighted by atomic mass is 16.5. The monoisotopic (exact) mass is 256 g/mol. The molecule has 2 aromatic rings. The molecule has 1 N–H and O–H groups in total. The molecule has 1 aromatic carbocycles. The van der Waals surface area contributed by atoms with E-state index < -0.39 is 0 Å². The second kappa shape index (κ2) is 7.67. The predicted molar refractivity (Wildman–Crippen MR) is 76.8 cm³/mol. The van der Waals surface area contributed by atoms with Crippen LogP contribution in [-0.4, -0.2) is 18.6 Å². The number of nitrogens with zero attached hydrogens (tertiary/aromatic N) is 1. The second-order valence-electron chi connectivity index (χ2n) is 4.47. The van der Waals surface area contributed by atoms with Crippen LogP contribution in [0.3, 0.4) is 0 Å². The predicted octanol–water partition coefficient (Wildman–Crippen LogP) is 2.56. The smallest absolute Gasteiger partial charge is 0.0717 e. The Hall–Kier alpha value is -1.71. The summed E-state index contributed by atoms with van der Waals surface area (Å²) in [6, 6.07) is 14.5. The highest BCUT2D eigenvalue weighted by molar-refractivity contribution is 5.21. The summed E-state index contributed by atoms with van der Waals surface area (Å²) >= 11 is 0. The first kappa shape index (κ1) is 13.7. The molecule has 1 aromatic heterocycles. The highest BCUT2D eigenvalue weighted by Gasteiger charge is 1.96. The van der Waals surface area contributed by atoms with Crippen molar-refractivity contribution < 1.29 is 4.74 Å². The zero-order valence-electron chi connectivity index (χ0n) is 11.3. The van der Waals surface area contributed by atoms with Crippen molar-refractivity contribution in [1.82, 2.24) is 10.3 Å². The van der Waals surface area contributed by atoms with Crippen molar-refractivity contribution in [3.05, 3.63) is 65.5 Å². The van der Waals surface area contributed by atoms with Gasteiger partial charge in [-0.3, -0.25) is 4.98 Å². The molecular weight excluding hydrogens is 236 g/mol. The van der Waals surface area contributed by atoms with Crippen molar-refractivity contribution in [2.24, 2.45) is 0 Å². The molecule has 0 saturated heterocycles. The summed E-state index contributed by atoms with van der Waals surface area (Å²) in [4.78, 5) is 4.27. The van der Waals surface area contributed by atoms with Gasteiger partial charge in [-0.1, -0.05) is 30.3 Å². The van der Waals surface area contributed by atoms with Crippen LogP contribution in [-0.2, 0) is 24.3 Å². The lowest BCUT2D eigenvalue weighted by molar-refractivity contribution is 0.123. The molecule has 2 rings (SSSR count). The third kappa shape index (κ3) is 4.81. The van der Waals surface area contributed by atoms with E-state index in [0.29, 0.717) is 13.2 Å². The van der Waals surface area contributed by atoms with E-state index in [9.17, 15) is 0 Å². The Morgan fingerprint density at radius 3 is 2.53 bits per heavy atom. The van der Waals surface area contributed by atoms with Crippen LogP contribution >= 0.6 is 0 Å². The fraction of sp³-hybridized carbons (Fsp3) is 0.312. The van der Waals surface area contributed by atoms with Gasteiger partial charge in [-0.05, 0) is 30.3 Å². The van der Waals surface area contributed by atoms with Crippen LogP contribution in [0.1, 0.15) is 16.8 Å². The zero-order valence-corrected chi connectivity index (χ0v) is 11.3. The summed E-state index contributed by atoms with van der Waals surface area (Å²) < 4.78 is 5.67. The number of hydrogen-bond donors (Lipinski definition) is 1. The summed E-state index contributed by atoms with van der Waals surface area (Å²) in [6.07, 6.45) is 2.68. The van der Waals surface area contributed by atoms with E-state index in [4.69, 9.17) is 4.74 Å². The fourth-order valence-electron chi connectivity index (χ4n) is 1.87. The number of aromatic nitrogens is 1. The minimum Gasteiger partial charge on any atom is -0.376 e. The molecule has 0 radical (unpaired) electrons. The summed E-state index contributed by atoms with van der Waals surface area (Å²) in [7, 11) is 1.95. The largest absolute Gasteiger partial charge is 0.376 e. The van der Waals surface area contributed by atoms with Gasteiger partial charge < -0.3 is 10.1 Å². The molecule has 0 spiro atoms. The van der Waals surface area contributed by atoms with E-state index in [2.05, 4.69) is 34.6 Å². The number of benzene rings is 1. The molecule has 19 heavy (non-hydrogen) atoms. The molecule has 3 nitrogen and oxygen atoms in total. The maximum absolute atomic E-state index is 5.67. The van der Waals surface area contributed by atoms with Gasteiger partial charge in [0.05, 0.1) is 13.2 Å². The summed E-state index contributed by atoms with van der Waals surface area (Å²) in [5.74, 6) is 0. The summed E-state index contributed by atoms with van der Waals surface area (Å²) in [5, 5.41) is 3.14. The third-order valence-electron chi connectivity index (χ3n) is 2.90. The number of hydrogen-bond acceptors (Lipinski definition) is 3. The maximum Gasteiger partial charge on any atom is 0.0717 e. The Morgan fingerprint density at radius 2 is 1.84 bits per heavy atom. The van der Waals surface area contributed by atoms with Gasteiger partial charge in [0.25, 0.3) is 0 Å². The minimum atomic E-state index is 0.659. The summed E-state index contributed by atoms with van der Waals surface area (Å²) in [6.45, 7) is 2.27. The van der Waals surface area contributed by atoms with Crippen LogP contribution < -0.4 is 5.32 Å². The molecule has 0 saturated carbocycles. The van der Waals surface area contributed by atoms with Crippen LogP contribution in [0.4, 0.5) is 0 Å². The Kier molecular flexibility index (Phi) is 5.53. The van der Waals surface area contributed by atoms with Crippen LogP contribution in [0, 0.1) is 0 Å². The van der Waals surface area contributed by atoms with E-state index in [0.717, 1.165) is 18.7 Å². The first-order valence-corrected chi connectivity index (χ1v) is 6.58. The van der Waals surface area contributed by atoms with Gasteiger partial charge in [-0.25, -0.2) is 0 Å². The van der Waals surface area contributed by atoms with E-state index >= 15 is 0 Å². The van der Waals surface area contributed by atoms with Crippen molar-refractivity contribution in [2.75, 3.05) is 13.7 Å². The van der Waals surface area contributed by atoms with Crippen LogP contribution in [0.25, 0.3) is 0 Å². The van der Waals surface area contributed by atoms with E-state index in [1.807, 2.05) is 31.4 Å². The molecule has 3 heteroatoms. The highest BCUT2D eigenvalue weighted by Crippen LogP contribution is 2.06. The van der Waals surface area contributed by atoms with E-state index in [1.54, 1.807) is 0 Å². The van der Waals surface area contributed by atoms with E-state index in [1.165, 1.54) is 11.1 Å². The second-order valence-corrected chi connectivity index (χ2v) is 4.47. The van der Waals surface area contributed by atoms with Crippen LogP contribution in [0.5, 0.6) is 0 Å². The molecule has 0 aliphatic rings. The van der Waals surface area contributed by atoms with Crippen LogP contribution in [0.15, 0.2) is 48.7 Å². The van der Waals surface area contributed by atoms with Gasteiger partial charge >= 0.3 is 0 Å². The molecule has 1 heterocycles. The number of nitrogens with one attached hydrogen (secondary N) is 1. The quantitative estimate of drug-likeness (QED) is 0.773. The molecule has 0 atom stereocenters. The Labute approximate surface area is 114 Å². The lowest BCUT2D eigenvalue weighted by atomic mass is 10.1. The van der Waals surface area contributed by atoms with Gasteiger partial charge in [-0.15, -0.1) is 0 Å². The first-order valence-electron chi connectivity index (χ1n) is 6.58. The van der Waals surface area contributed by atoms with Gasteiger partial charge in [0.2, 0.25) is 0 Å². The van der Waals surface area contributed by atoms with Gasteiger partial charge in [-0.2, -0.15) is 0 Å². The lowest BCUT2D eigenvalue weighted by Gasteiger charge is -2.05. The lowest BCUT2D eigenvalue weighted by Crippen LogP contribution is -2.05. The standard InChI is InChI=1S/C16H20N2O/c1-17-12-14-5-7-15(8-6-14)13-19-11-9-16-4-2-3-10-18-16/h2-8,10,17H,9,11-13H2,1H3. The van der Waals surface area contributed by atoms with Crippen molar-refractivity contribution >= 4 is 0 Å². The Morgan fingerprint density at radius 1 is 1.05 bits per heavy atom. The van der Waals surface area contributed by atoms with Crippen molar-refractivity contribution in [1.29, 1.82) is 0 Å². The van der Waals surface area contributed by atoms with Crippen molar-refractivity contribution in [2.45, 2.75) is 19.6 Å². The molecule has 0 aliphatic carbocycles. The number of pyridine rings is 1. The van der Waals surface area contributed by atoms with E-state index in [-0.39, 0.29) is 0 Å². The minimum absolute atomic E-state index is 0.659. The van der Waals surface area contributed by atoms with Gasteiger partial charge in [0.1, 0.15) is 0 Å². The first-order chi connectivity index (χ1) is 9.38. The fourth-order valence-corrected chi connectivity index (χ4v) is 1.87. The Balaban J connectivity index is 1.70. The van der Waals surface area contributed by atoms with Gasteiger partial charge in [0, 0.05) is 24.9 Å². The van der Waals surface area contributed by atoms with Crippen molar-refractivity contribution in [3.8, 4) is 0 Å². The molecule has 0 unspecified atom stereocenters. The molecule has 100 valence electrons. The Bertz CT molecular complexity index is 468. The molecule has 0 amide bonds.